The Hall–Kier alpha value is -1.41. The van der Waals surface area contributed by atoms with Crippen LogP contribution in [0.4, 0.5) is 0 Å². The van der Waals surface area contributed by atoms with Crippen molar-refractivity contribution in [1.82, 2.24) is 5.32 Å². The molecule has 138 valence electrons. The number of ether oxygens (including phenoxy) is 2. The van der Waals surface area contributed by atoms with Crippen LogP contribution < -0.4 is 14.8 Å². The minimum atomic E-state index is -0.840. The fourth-order valence-electron chi connectivity index (χ4n) is 2.62. The van der Waals surface area contributed by atoms with Crippen LogP contribution in [0.2, 0.25) is 5.02 Å². The van der Waals surface area contributed by atoms with Gasteiger partial charge in [-0.15, -0.1) is 11.8 Å². The molecule has 5 nitrogen and oxygen atoms in total. The number of hydrogen-bond acceptors (Lipinski definition) is 5. The van der Waals surface area contributed by atoms with Gasteiger partial charge in [-0.25, -0.2) is 0 Å². The Morgan fingerprint density at radius 3 is 2.88 bits per heavy atom. The molecule has 1 fully saturated rings. The Balaban J connectivity index is 1.78. The number of carboxylic acid groups (broad SMARTS) is 1. The molecule has 0 aliphatic carbocycles. The minimum absolute atomic E-state index is 0.108. The van der Waals surface area contributed by atoms with Gasteiger partial charge in [0.25, 0.3) is 0 Å². The molecule has 0 saturated carbocycles. The summed E-state index contributed by atoms with van der Waals surface area (Å²) in [6.45, 7) is 0.354. The normalized spacial score (nSPS) is 19.3. The number of thioether (sulfide) groups is 1. The third-order valence-electron chi connectivity index (χ3n) is 3.91. The molecule has 8 heteroatoms. The van der Waals surface area contributed by atoms with E-state index >= 15 is 0 Å². The van der Waals surface area contributed by atoms with E-state index in [1.165, 1.54) is 0 Å². The molecule has 26 heavy (non-hydrogen) atoms. The Bertz CT molecular complexity index is 820. The first-order chi connectivity index (χ1) is 12.5. The lowest BCUT2D eigenvalue weighted by molar-refractivity contribution is -0.138. The van der Waals surface area contributed by atoms with Crippen LogP contribution in [0.25, 0.3) is 0 Å². The molecule has 1 aliphatic rings. The summed E-state index contributed by atoms with van der Waals surface area (Å²) in [5, 5.41) is 12.8. The molecule has 0 bridgehead atoms. The fourth-order valence-corrected chi connectivity index (χ4v) is 4.62. The van der Waals surface area contributed by atoms with E-state index in [1.54, 1.807) is 18.9 Å². The molecule has 1 saturated heterocycles. The van der Waals surface area contributed by atoms with Crippen molar-refractivity contribution in [2.75, 3.05) is 12.9 Å². The van der Waals surface area contributed by atoms with Gasteiger partial charge < -0.3 is 14.6 Å². The highest BCUT2D eigenvalue weighted by atomic mass is 79.9. The van der Waals surface area contributed by atoms with Gasteiger partial charge in [0.05, 0.1) is 17.0 Å². The third-order valence-corrected chi connectivity index (χ3v) is 6.00. The Morgan fingerprint density at radius 2 is 2.23 bits per heavy atom. The minimum Gasteiger partial charge on any atom is -0.493 e. The maximum absolute atomic E-state index is 11.1. The quantitative estimate of drug-likeness (QED) is 0.665. The van der Waals surface area contributed by atoms with Gasteiger partial charge in [0.1, 0.15) is 12.6 Å². The maximum Gasteiger partial charge on any atom is 0.321 e. The van der Waals surface area contributed by atoms with E-state index in [-0.39, 0.29) is 5.37 Å². The molecule has 2 unspecified atom stereocenters. The summed E-state index contributed by atoms with van der Waals surface area (Å²) in [5.41, 5.74) is 1.88. The van der Waals surface area contributed by atoms with E-state index in [0.29, 0.717) is 28.9 Å². The van der Waals surface area contributed by atoms with Gasteiger partial charge in [-0.1, -0.05) is 23.7 Å². The number of hydrogen-bond donors (Lipinski definition) is 2. The fraction of sp³-hybridized carbons (Fsp3) is 0.278. The van der Waals surface area contributed by atoms with Crippen molar-refractivity contribution in [2.24, 2.45) is 0 Å². The van der Waals surface area contributed by atoms with Gasteiger partial charge in [-0.2, -0.15) is 0 Å². The third kappa shape index (κ3) is 4.46. The van der Waals surface area contributed by atoms with E-state index in [9.17, 15) is 4.79 Å². The number of methoxy groups -OCH3 is 1. The summed E-state index contributed by atoms with van der Waals surface area (Å²) in [7, 11) is 1.58. The van der Waals surface area contributed by atoms with Crippen molar-refractivity contribution in [1.29, 1.82) is 0 Å². The average molecular weight is 459 g/mol. The van der Waals surface area contributed by atoms with Crippen LogP contribution in [0.5, 0.6) is 11.5 Å². The van der Waals surface area contributed by atoms with Crippen LogP contribution in [-0.4, -0.2) is 30.0 Å². The van der Waals surface area contributed by atoms with Gasteiger partial charge in [-0.05, 0) is 51.3 Å². The SMILES string of the molecule is COc1cc(C2NC(C(=O)O)CS2)cc(Br)c1OCc1cccc(Cl)c1. The van der Waals surface area contributed by atoms with Gasteiger partial charge in [0.15, 0.2) is 11.5 Å². The summed E-state index contributed by atoms with van der Waals surface area (Å²) in [6, 6.07) is 10.7. The zero-order valence-electron chi connectivity index (χ0n) is 13.9. The maximum atomic E-state index is 11.1. The molecular formula is C18H17BrClNO4S. The van der Waals surface area contributed by atoms with E-state index in [4.69, 9.17) is 26.2 Å². The first kappa shape index (κ1) is 19.4. The summed E-state index contributed by atoms with van der Waals surface area (Å²) in [4.78, 5) is 11.1. The van der Waals surface area contributed by atoms with Crippen molar-refractivity contribution in [2.45, 2.75) is 18.0 Å². The lowest BCUT2D eigenvalue weighted by Gasteiger charge is -2.17. The van der Waals surface area contributed by atoms with Gasteiger partial charge in [-0.3, -0.25) is 10.1 Å². The molecule has 1 heterocycles. The second-order valence-corrected chi connectivity index (χ2v) is 8.15. The second kappa shape index (κ2) is 8.52. The lowest BCUT2D eigenvalue weighted by atomic mass is 10.2. The summed E-state index contributed by atoms with van der Waals surface area (Å²) in [6.07, 6.45) is 0. The van der Waals surface area contributed by atoms with Crippen molar-refractivity contribution >= 4 is 45.3 Å². The van der Waals surface area contributed by atoms with Crippen LogP contribution in [0.15, 0.2) is 40.9 Å². The molecule has 0 aromatic heterocycles. The highest BCUT2D eigenvalue weighted by Gasteiger charge is 2.31. The monoisotopic (exact) mass is 457 g/mol. The molecule has 1 aliphatic heterocycles. The molecule has 2 N–H and O–H groups in total. The largest absolute Gasteiger partial charge is 0.493 e. The smallest absolute Gasteiger partial charge is 0.321 e. The van der Waals surface area contributed by atoms with E-state index < -0.39 is 12.0 Å². The Morgan fingerprint density at radius 1 is 1.42 bits per heavy atom. The highest BCUT2D eigenvalue weighted by molar-refractivity contribution is 9.10. The number of carboxylic acids is 1. The van der Waals surface area contributed by atoms with Crippen LogP contribution in [0.1, 0.15) is 16.5 Å². The van der Waals surface area contributed by atoms with Gasteiger partial charge in [0, 0.05) is 10.8 Å². The number of nitrogens with one attached hydrogen (secondary N) is 1. The van der Waals surface area contributed by atoms with Crippen LogP contribution >= 0.6 is 39.3 Å². The molecule has 0 radical (unpaired) electrons. The van der Waals surface area contributed by atoms with Crippen LogP contribution in [0, 0.1) is 0 Å². The summed E-state index contributed by atoms with van der Waals surface area (Å²) >= 11 is 11.1. The number of aliphatic carboxylic acids is 1. The van der Waals surface area contributed by atoms with Crippen molar-refractivity contribution < 1.29 is 19.4 Å². The van der Waals surface area contributed by atoms with Crippen LogP contribution in [-0.2, 0) is 11.4 Å². The van der Waals surface area contributed by atoms with Crippen molar-refractivity contribution in [3.8, 4) is 11.5 Å². The van der Waals surface area contributed by atoms with E-state index in [1.807, 2.05) is 36.4 Å². The molecule has 0 spiro atoms. The van der Waals surface area contributed by atoms with Crippen molar-refractivity contribution in [3.05, 3.63) is 57.0 Å². The van der Waals surface area contributed by atoms with Crippen molar-refractivity contribution in [3.63, 3.8) is 0 Å². The number of benzene rings is 2. The first-order valence-electron chi connectivity index (χ1n) is 7.83. The number of rotatable bonds is 6. The first-order valence-corrected chi connectivity index (χ1v) is 10.0. The molecular weight excluding hydrogens is 442 g/mol. The highest BCUT2D eigenvalue weighted by Crippen LogP contribution is 2.42. The second-order valence-electron chi connectivity index (χ2n) is 5.72. The predicted octanol–water partition coefficient (Wildman–Crippen LogP) is 4.48. The predicted molar refractivity (Wildman–Crippen MR) is 106 cm³/mol. The molecule has 2 atom stereocenters. The molecule has 0 amide bonds. The number of carbonyl (C=O) groups is 1. The average Bonchev–Trinajstić information content (AvgIpc) is 3.10. The van der Waals surface area contributed by atoms with E-state index in [2.05, 4.69) is 21.2 Å². The zero-order chi connectivity index (χ0) is 18.7. The lowest BCUT2D eigenvalue weighted by Crippen LogP contribution is -2.33. The standard InChI is InChI=1S/C18H17BrClNO4S/c1-24-15-7-11(17-21-14(9-26-17)18(22)23)6-13(19)16(15)25-8-10-3-2-4-12(20)5-10/h2-7,14,17,21H,8-9H2,1H3,(H,22,23). The Labute approximate surface area is 169 Å². The molecule has 2 aromatic carbocycles. The number of halogens is 2. The van der Waals surface area contributed by atoms with E-state index in [0.717, 1.165) is 15.6 Å². The summed E-state index contributed by atoms with van der Waals surface area (Å²) in [5.74, 6) is 0.853. The van der Waals surface area contributed by atoms with Crippen LogP contribution in [0.3, 0.4) is 0 Å². The zero-order valence-corrected chi connectivity index (χ0v) is 17.0. The topological polar surface area (TPSA) is 67.8 Å². The summed E-state index contributed by atoms with van der Waals surface area (Å²) < 4.78 is 12.1. The molecule has 3 rings (SSSR count). The Kier molecular flexibility index (Phi) is 6.34. The van der Waals surface area contributed by atoms with Gasteiger partial charge in [0.2, 0.25) is 0 Å². The van der Waals surface area contributed by atoms with Gasteiger partial charge >= 0.3 is 5.97 Å². The molecule has 2 aromatic rings.